The number of fused-ring (bicyclic) bond motifs is 1. The van der Waals surface area contributed by atoms with Gasteiger partial charge in [0, 0.05) is 49.4 Å². The molecule has 3 atom stereocenters. The molecule has 3 heterocycles. The molecule has 3 unspecified atom stereocenters. The number of benzene rings is 1. The number of aromatic nitrogens is 3. The van der Waals surface area contributed by atoms with Crippen molar-refractivity contribution in [1.29, 1.82) is 0 Å². The summed E-state index contributed by atoms with van der Waals surface area (Å²) in [7, 11) is 0. The van der Waals surface area contributed by atoms with Crippen LogP contribution in [0.25, 0.3) is 0 Å². The normalized spacial score (nSPS) is 23.3. The number of carbonyl (C=O) groups excluding carboxylic acids is 2. The van der Waals surface area contributed by atoms with Crippen molar-refractivity contribution < 1.29 is 14.1 Å². The second kappa shape index (κ2) is 10.8. The molecule has 1 aliphatic carbocycles. The van der Waals surface area contributed by atoms with Crippen molar-refractivity contribution in [3.63, 3.8) is 0 Å². The highest BCUT2D eigenvalue weighted by Gasteiger charge is 2.45. The molecule has 1 saturated heterocycles. The fraction of sp³-hybridized carbons (Fsp3) is 0.444. The molecule has 1 N–H and O–H groups in total. The lowest BCUT2D eigenvalue weighted by atomic mass is 9.99. The van der Waals surface area contributed by atoms with Gasteiger partial charge in [-0.25, -0.2) is 0 Å². The summed E-state index contributed by atoms with van der Waals surface area (Å²) in [6.45, 7) is 1.30. The molecule has 35 heavy (non-hydrogen) atoms. The Hall–Kier alpha value is -3.55. The van der Waals surface area contributed by atoms with Crippen molar-refractivity contribution in [2.75, 3.05) is 13.1 Å². The maximum Gasteiger partial charge on any atom is 0.254 e. The predicted octanol–water partition coefficient (Wildman–Crippen LogP) is 3.75. The summed E-state index contributed by atoms with van der Waals surface area (Å²) in [6.07, 6.45) is 9.02. The zero-order chi connectivity index (χ0) is 24.0. The summed E-state index contributed by atoms with van der Waals surface area (Å²) in [4.78, 5) is 37.4. The first-order valence-corrected chi connectivity index (χ1v) is 12.5. The van der Waals surface area contributed by atoms with Gasteiger partial charge in [0.25, 0.3) is 5.91 Å². The van der Waals surface area contributed by atoms with Gasteiger partial charge in [0.1, 0.15) is 0 Å². The quantitative estimate of drug-likeness (QED) is 0.619. The average molecular weight is 474 g/mol. The van der Waals surface area contributed by atoms with Crippen molar-refractivity contribution in [3.8, 4) is 0 Å². The highest BCUT2D eigenvalue weighted by Crippen LogP contribution is 2.41. The Balaban J connectivity index is 1.39. The van der Waals surface area contributed by atoms with Gasteiger partial charge in [-0.1, -0.05) is 48.3 Å². The van der Waals surface area contributed by atoms with E-state index in [9.17, 15) is 9.59 Å². The van der Waals surface area contributed by atoms with Crippen LogP contribution in [0.5, 0.6) is 0 Å². The standard InChI is InChI=1S/C27H31N5O3/c33-25-22-17-21(26-30-24(31-35-26)16-19-8-4-3-5-9-19)18-23(22)32(15-7-2-1-6-12-29-25)27(34)20-10-13-28-14-11-20/h3-5,8-11,13-14,21-23H,1-2,6-7,12,15-18H2,(H,29,33). The summed E-state index contributed by atoms with van der Waals surface area (Å²) in [5.74, 6) is 0.771. The number of hydrogen-bond acceptors (Lipinski definition) is 6. The van der Waals surface area contributed by atoms with Crippen LogP contribution in [0.4, 0.5) is 0 Å². The van der Waals surface area contributed by atoms with Crippen molar-refractivity contribution in [2.45, 2.75) is 56.9 Å². The summed E-state index contributed by atoms with van der Waals surface area (Å²) in [5.41, 5.74) is 1.71. The van der Waals surface area contributed by atoms with Crippen molar-refractivity contribution >= 4 is 11.8 Å². The fourth-order valence-corrected chi connectivity index (χ4v) is 5.31. The molecule has 2 fully saturated rings. The van der Waals surface area contributed by atoms with Crippen LogP contribution < -0.4 is 5.32 Å². The van der Waals surface area contributed by atoms with Crippen LogP contribution in [0.3, 0.4) is 0 Å². The molecule has 1 aromatic carbocycles. The van der Waals surface area contributed by atoms with Gasteiger partial charge in [0.2, 0.25) is 11.8 Å². The number of rotatable bonds is 4. The second-order valence-corrected chi connectivity index (χ2v) is 9.49. The number of carbonyl (C=O) groups is 2. The zero-order valence-electron chi connectivity index (χ0n) is 19.8. The summed E-state index contributed by atoms with van der Waals surface area (Å²) in [5, 5.41) is 7.31. The molecule has 5 rings (SSSR count). The van der Waals surface area contributed by atoms with Crippen LogP contribution in [0.15, 0.2) is 59.4 Å². The minimum absolute atomic E-state index is 0.0101. The Morgan fingerprint density at radius 1 is 1.03 bits per heavy atom. The third kappa shape index (κ3) is 5.42. The van der Waals surface area contributed by atoms with Gasteiger partial charge in [-0.15, -0.1) is 0 Å². The molecule has 2 aromatic heterocycles. The highest BCUT2D eigenvalue weighted by molar-refractivity contribution is 5.95. The number of nitrogens with one attached hydrogen (secondary N) is 1. The van der Waals surface area contributed by atoms with Crippen LogP contribution in [-0.2, 0) is 11.2 Å². The maximum absolute atomic E-state index is 13.6. The first kappa shape index (κ1) is 23.2. The Bertz CT molecular complexity index is 1130. The van der Waals surface area contributed by atoms with Gasteiger partial charge in [0.15, 0.2) is 5.82 Å². The first-order chi connectivity index (χ1) is 17.2. The third-order valence-electron chi connectivity index (χ3n) is 7.12. The van der Waals surface area contributed by atoms with Gasteiger partial charge >= 0.3 is 0 Å². The molecule has 8 heteroatoms. The van der Waals surface area contributed by atoms with Gasteiger partial charge in [-0.2, -0.15) is 4.98 Å². The summed E-state index contributed by atoms with van der Waals surface area (Å²) < 4.78 is 5.67. The molecule has 0 radical (unpaired) electrons. The van der Waals surface area contributed by atoms with Crippen LogP contribution in [0.2, 0.25) is 0 Å². The fourth-order valence-electron chi connectivity index (χ4n) is 5.31. The lowest BCUT2D eigenvalue weighted by Gasteiger charge is -2.32. The molecule has 0 spiro atoms. The van der Waals surface area contributed by atoms with Crippen molar-refractivity contribution in [2.24, 2.45) is 5.92 Å². The Morgan fingerprint density at radius 2 is 1.83 bits per heavy atom. The molecule has 8 nitrogen and oxygen atoms in total. The van der Waals surface area contributed by atoms with Gasteiger partial charge in [-0.05, 0) is 43.4 Å². The van der Waals surface area contributed by atoms with Crippen LogP contribution in [-0.4, -0.2) is 51.0 Å². The molecule has 1 aliphatic heterocycles. The molecule has 1 saturated carbocycles. The minimum atomic E-state index is -0.312. The van der Waals surface area contributed by atoms with Crippen molar-refractivity contribution in [3.05, 3.63) is 77.7 Å². The number of amides is 2. The first-order valence-electron chi connectivity index (χ1n) is 12.5. The van der Waals surface area contributed by atoms with E-state index in [0.29, 0.717) is 49.6 Å². The van der Waals surface area contributed by atoms with Crippen LogP contribution >= 0.6 is 0 Å². The monoisotopic (exact) mass is 473 g/mol. The van der Waals surface area contributed by atoms with Crippen molar-refractivity contribution in [1.82, 2.24) is 25.3 Å². The molecule has 0 bridgehead atoms. The van der Waals surface area contributed by atoms with Gasteiger partial charge in [0.05, 0.1) is 5.92 Å². The Morgan fingerprint density at radius 3 is 2.66 bits per heavy atom. The van der Waals surface area contributed by atoms with Gasteiger partial charge < -0.3 is 14.7 Å². The lowest BCUT2D eigenvalue weighted by molar-refractivity contribution is -0.126. The number of nitrogens with zero attached hydrogens (tertiary/aromatic N) is 4. The largest absolute Gasteiger partial charge is 0.356 e. The lowest BCUT2D eigenvalue weighted by Crippen LogP contribution is -2.47. The van der Waals surface area contributed by atoms with E-state index in [1.54, 1.807) is 24.5 Å². The average Bonchev–Trinajstić information content (AvgIpc) is 3.53. The Labute approximate surface area is 205 Å². The van der Waals surface area contributed by atoms with Crippen LogP contribution in [0.1, 0.15) is 72.1 Å². The van der Waals surface area contributed by atoms with E-state index in [1.807, 2.05) is 35.2 Å². The van der Waals surface area contributed by atoms with E-state index in [4.69, 9.17) is 4.52 Å². The van der Waals surface area contributed by atoms with E-state index in [0.717, 1.165) is 31.2 Å². The van der Waals surface area contributed by atoms with E-state index < -0.39 is 0 Å². The predicted molar refractivity (Wildman–Crippen MR) is 130 cm³/mol. The molecular weight excluding hydrogens is 442 g/mol. The highest BCUT2D eigenvalue weighted by atomic mass is 16.5. The number of hydrogen-bond donors (Lipinski definition) is 1. The minimum Gasteiger partial charge on any atom is -0.356 e. The molecule has 3 aromatic rings. The smallest absolute Gasteiger partial charge is 0.254 e. The molecule has 2 amide bonds. The Kier molecular flexibility index (Phi) is 7.16. The second-order valence-electron chi connectivity index (χ2n) is 9.49. The maximum atomic E-state index is 13.6. The van der Waals surface area contributed by atoms with E-state index in [2.05, 4.69) is 20.4 Å². The molecule has 2 aliphatic rings. The number of pyridine rings is 1. The molecular formula is C27H31N5O3. The van der Waals surface area contributed by atoms with E-state index in [1.165, 1.54) is 0 Å². The summed E-state index contributed by atoms with van der Waals surface area (Å²) in [6, 6.07) is 13.3. The van der Waals surface area contributed by atoms with Gasteiger partial charge in [-0.3, -0.25) is 14.6 Å². The topological polar surface area (TPSA) is 101 Å². The van der Waals surface area contributed by atoms with Crippen LogP contribution in [0, 0.1) is 5.92 Å². The SMILES string of the molecule is O=C1NCCCCCCN(C(=O)c2ccncc2)C2CC(c3nc(Cc4ccccc4)no3)CC12. The third-order valence-corrected chi connectivity index (χ3v) is 7.12. The molecule has 182 valence electrons. The summed E-state index contributed by atoms with van der Waals surface area (Å²) >= 11 is 0. The zero-order valence-corrected chi connectivity index (χ0v) is 19.8. The van der Waals surface area contributed by atoms with E-state index in [-0.39, 0.29) is 29.7 Å². The van der Waals surface area contributed by atoms with E-state index >= 15 is 0 Å².